The summed E-state index contributed by atoms with van der Waals surface area (Å²) >= 11 is 0. The first-order chi connectivity index (χ1) is 11.1. The zero-order valence-corrected chi connectivity index (χ0v) is 16.6. The lowest BCUT2D eigenvalue weighted by Crippen LogP contribution is -2.31. The van der Waals surface area contributed by atoms with Crippen molar-refractivity contribution in [2.75, 3.05) is 20.1 Å². The number of halogens is 1. The smallest absolute Gasteiger partial charge is 0.249 e. The van der Waals surface area contributed by atoms with Crippen LogP contribution in [0, 0.1) is 5.92 Å². The maximum atomic E-state index is 13.3. The molecule has 3 nitrogen and oxygen atoms in total. The summed E-state index contributed by atoms with van der Waals surface area (Å²) in [5.41, 5.74) is 0.379. The van der Waals surface area contributed by atoms with E-state index in [9.17, 15) is 9.18 Å². The van der Waals surface area contributed by atoms with Gasteiger partial charge in [0.15, 0.2) is 0 Å². The van der Waals surface area contributed by atoms with Crippen LogP contribution in [0.1, 0.15) is 74.1 Å². The molecule has 0 saturated carbocycles. The Kier molecular flexibility index (Phi) is 15.5. The van der Waals surface area contributed by atoms with Gasteiger partial charge in [-0.1, -0.05) is 41.5 Å². The van der Waals surface area contributed by atoms with Crippen molar-refractivity contribution in [2.45, 2.75) is 80.2 Å². The first-order valence-corrected chi connectivity index (χ1v) is 9.44. The fourth-order valence-corrected chi connectivity index (χ4v) is 2.76. The van der Waals surface area contributed by atoms with Gasteiger partial charge in [0, 0.05) is 24.7 Å². The number of hydrogen-bond donors (Lipinski definition) is 1. The number of likely N-dealkylation sites (tertiary alicyclic amines) is 1. The third-order valence-corrected chi connectivity index (χ3v) is 3.95. The van der Waals surface area contributed by atoms with Gasteiger partial charge in [0.2, 0.25) is 5.91 Å². The van der Waals surface area contributed by atoms with Crippen LogP contribution < -0.4 is 5.32 Å². The molecule has 2 atom stereocenters. The van der Waals surface area contributed by atoms with Crippen molar-refractivity contribution in [3.8, 4) is 0 Å². The molecule has 1 amide bonds. The first kappa shape index (κ1) is 24.4. The van der Waals surface area contributed by atoms with E-state index in [2.05, 4.69) is 24.2 Å². The Labute approximate surface area is 143 Å². The van der Waals surface area contributed by atoms with Gasteiger partial charge in [0.05, 0.1) is 0 Å². The molecule has 138 valence electrons. The van der Waals surface area contributed by atoms with E-state index in [1.165, 1.54) is 0 Å². The molecular weight excluding hydrogens is 291 g/mol. The highest BCUT2D eigenvalue weighted by atomic mass is 19.1. The Balaban J connectivity index is 0. The number of amides is 1. The van der Waals surface area contributed by atoms with Crippen molar-refractivity contribution in [3.63, 3.8) is 0 Å². The normalized spacial score (nSPS) is 23.0. The minimum Gasteiger partial charge on any atom is -0.352 e. The minimum atomic E-state index is -0.209. The number of carbonyl (C=O) groups excluding carboxylic acids is 1. The van der Waals surface area contributed by atoms with Crippen LogP contribution in [0.4, 0.5) is 4.39 Å². The highest BCUT2D eigenvalue weighted by molar-refractivity contribution is 5.94. The standard InChI is InChI=1S/C13H21FN2O.3C2H6/c1-9-6-10(8-16(9)2)7-15-13(17)11-4-3-5-12(11)14;3*1-2/h9-10H,3-8H2,1-2H3,(H,15,17);3*1-2H3. The van der Waals surface area contributed by atoms with Crippen LogP contribution in [-0.4, -0.2) is 37.0 Å². The third-order valence-electron chi connectivity index (χ3n) is 3.95. The predicted molar refractivity (Wildman–Crippen MR) is 99.2 cm³/mol. The molecule has 0 spiro atoms. The van der Waals surface area contributed by atoms with Gasteiger partial charge in [-0.15, -0.1) is 0 Å². The quantitative estimate of drug-likeness (QED) is 0.796. The fourth-order valence-electron chi connectivity index (χ4n) is 2.76. The van der Waals surface area contributed by atoms with E-state index in [1.54, 1.807) is 0 Å². The molecule has 4 heteroatoms. The summed E-state index contributed by atoms with van der Waals surface area (Å²) in [5.74, 6) is 0.102. The van der Waals surface area contributed by atoms with E-state index in [4.69, 9.17) is 0 Å². The van der Waals surface area contributed by atoms with Gasteiger partial charge < -0.3 is 10.2 Å². The van der Waals surface area contributed by atoms with Gasteiger partial charge in [-0.2, -0.15) is 0 Å². The second-order valence-electron chi connectivity index (χ2n) is 5.34. The maximum Gasteiger partial charge on any atom is 0.249 e. The van der Waals surface area contributed by atoms with Crippen LogP contribution in [0.5, 0.6) is 0 Å². The molecule has 2 unspecified atom stereocenters. The summed E-state index contributed by atoms with van der Waals surface area (Å²) in [6.45, 7) is 15.9. The van der Waals surface area contributed by atoms with Gasteiger partial charge in [-0.25, -0.2) is 4.39 Å². The summed E-state index contributed by atoms with van der Waals surface area (Å²) in [5, 5.41) is 2.87. The van der Waals surface area contributed by atoms with Crippen LogP contribution in [0.3, 0.4) is 0 Å². The van der Waals surface area contributed by atoms with E-state index < -0.39 is 0 Å². The number of nitrogens with zero attached hydrogens (tertiary/aromatic N) is 1. The molecule has 1 aliphatic carbocycles. The molecular formula is C19H39FN2O. The molecule has 23 heavy (non-hydrogen) atoms. The monoisotopic (exact) mass is 330 g/mol. The highest BCUT2D eigenvalue weighted by Crippen LogP contribution is 2.27. The first-order valence-electron chi connectivity index (χ1n) is 9.44. The highest BCUT2D eigenvalue weighted by Gasteiger charge is 2.27. The molecule has 1 N–H and O–H groups in total. The van der Waals surface area contributed by atoms with Gasteiger partial charge in [0.1, 0.15) is 5.83 Å². The molecule has 0 aromatic rings. The molecule has 2 rings (SSSR count). The van der Waals surface area contributed by atoms with Gasteiger partial charge >= 0.3 is 0 Å². The van der Waals surface area contributed by atoms with Gasteiger partial charge in [0.25, 0.3) is 0 Å². The summed E-state index contributed by atoms with van der Waals surface area (Å²) in [7, 11) is 2.10. The zero-order chi connectivity index (χ0) is 18.4. The maximum absolute atomic E-state index is 13.3. The number of hydrogen-bond acceptors (Lipinski definition) is 2. The summed E-state index contributed by atoms with van der Waals surface area (Å²) < 4.78 is 13.3. The number of nitrogens with one attached hydrogen (secondary N) is 1. The van der Waals surface area contributed by atoms with E-state index >= 15 is 0 Å². The second-order valence-corrected chi connectivity index (χ2v) is 5.34. The van der Waals surface area contributed by atoms with Crippen LogP contribution in [0.25, 0.3) is 0 Å². The summed E-state index contributed by atoms with van der Waals surface area (Å²) in [6.07, 6.45) is 2.92. The Morgan fingerprint density at radius 3 is 2.13 bits per heavy atom. The molecule has 1 aliphatic heterocycles. The molecule has 0 radical (unpaired) electrons. The van der Waals surface area contributed by atoms with Crippen LogP contribution in [0.15, 0.2) is 11.4 Å². The number of allylic oxidation sites excluding steroid dienone is 1. The predicted octanol–water partition coefficient (Wildman–Crippen LogP) is 4.93. The topological polar surface area (TPSA) is 32.3 Å². The lowest BCUT2D eigenvalue weighted by molar-refractivity contribution is -0.117. The largest absolute Gasteiger partial charge is 0.352 e. The molecule has 2 aliphatic rings. The molecule has 0 aromatic heterocycles. The summed E-state index contributed by atoms with van der Waals surface area (Å²) in [4.78, 5) is 14.1. The van der Waals surface area contributed by atoms with Crippen molar-refractivity contribution < 1.29 is 9.18 Å². The minimum absolute atomic E-state index is 0.192. The number of carbonyl (C=O) groups is 1. The zero-order valence-electron chi connectivity index (χ0n) is 16.6. The van der Waals surface area contributed by atoms with Crippen molar-refractivity contribution in [1.82, 2.24) is 10.2 Å². The van der Waals surface area contributed by atoms with Crippen molar-refractivity contribution in [1.29, 1.82) is 0 Å². The fraction of sp³-hybridized carbons (Fsp3) is 0.842. The average Bonchev–Trinajstić information content (AvgIpc) is 3.17. The van der Waals surface area contributed by atoms with E-state index in [0.717, 1.165) is 19.4 Å². The van der Waals surface area contributed by atoms with Crippen molar-refractivity contribution in [2.24, 2.45) is 5.92 Å². The van der Waals surface area contributed by atoms with E-state index in [-0.39, 0.29) is 11.7 Å². The van der Waals surface area contributed by atoms with Crippen molar-refractivity contribution >= 4 is 5.91 Å². The van der Waals surface area contributed by atoms with Crippen molar-refractivity contribution in [3.05, 3.63) is 11.4 Å². The Hall–Kier alpha value is -0.900. The average molecular weight is 331 g/mol. The summed E-state index contributed by atoms with van der Waals surface area (Å²) in [6, 6.07) is 0.583. The Morgan fingerprint density at radius 1 is 1.17 bits per heavy atom. The Morgan fingerprint density at radius 2 is 1.74 bits per heavy atom. The molecule has 1 fully saturated rings. The Bertz CT molecular complexity index is 332. The number of rotatable bonds is 3. The lowest BCUT2D eigenvalue weighted by atomic mass is 10.1. The second kappa shape index (κ2) is 14.7. The van der Waals surface area contributed by atoms with Gasteiger partial charge in [-0.05, 0) is 45.6 Å². The van der Waals surface area contributed by atoms with E-state index in [1.807, 2.05) is 41.5 Å². The van der Waals surface area contributed by atoms with Crippen LogP contribution >= 0.6 is 0 Å². The van der Waals surface area contributed by atoms with Crippen LogP contribution in [0.2, 0.25) is 0 Å². The molecule has 0 aromatic carbocycles. The SMILES string of the molecule is CC.CC.CC.CC1CC(CNC(=O)C2=C(F)CCC2)CN1C. The lowest BCUT2D eigenvalue weighted by Gasteiger charge is -2.13. The van der Waals surface area contributed by atoms with Crippen LogP contribution in [-0.2, 0) is 4.79 Å². The van der Waals surface area contributed by atoms with Gasteiger partial charge in [-0.3, -0.25) is 4.79 Å². The molecule has 1 heterocycles. The third kappa shape index (κ3) is 8.50. The van der Waals surface area contributed by atoms with E-state index in [0.29, 0.717) is 36.9 Å². The molecule has 1 saturated heterocycles. The molecule has 0 bridgehead atoms.